The number of amides is 4. The molecule has 2 aliphatic rings. The number of nitrogens with one attached hydrogen (secondary N) is 2. The van der Waals surface area contributed by atoms with Crippen molar-refractivity contribution in [2.75, 3.05) is 18.1 Å². The van der Waals surface area contributed by atoms with E-state index in [1.54, 1.807) is 6.07 Å². The molecule has 0 aliphatic carbocycles. The van der Waals surface area contributed by atoms with E-state index in [0.29, 0.717) is 16.5 Å². The minimum absolute atomic E-state index is 0.124. The third-order valence-corrected chi connectivity index (χ3v) is 6.69. The zero-order valence-corrected chi connectivity index (χ0v) is 17.5. The Morgan fingerprint density at radius 2 is 2.19 bits per heavy atom. The Hall–Kier alpha value is -3.32. The average Bonchev–Trinajstić information content (AvgIpc) is 3.16. The lowest BCUT2D eigenvalue weighted by Crippen LogP contribution is -2.70. The van der Waals surface area contributed by atoms with Gasteiger partial charge in [-0.25, -0.2) is 14.3 Å². The van der Waals surface area contributed by atoms with E-state index in [2.05, 4.69) is 26.2 Å². The van der Waals surface area contributed by atoms with Gasteiger partial charge in [0.25, 0.3) is 5.91 Å². The summed E-state index contributed by atoms with van der Waals surface area (Å²) in [6, 6.07) is 0.166. The number of aromatic nitrogens is 4. The summed E-state index contributed by atoms with van der Waals surface area (Å²) in [5.74, 6) is -1.81. The molecule has 5 N–H and O–H groups in total. The predicted molar refractivity (Wildman–Crippen MR) is 106 cm³/mol. The first-order valence-electron chi connectivity index (χ1n) is 8.82. The van der Waals surface area contributed by atoms with E-state index in [9.17, 15) is 24.3 Å². The van der Waals surface area contributed by atoms with Crippen LogP contribution in [0, 0.1) is 11.3 Å². The summed E-state index contributed by atoms with van der Waals surface area (Å²) in [4.78, 5) is 47.9. The number of carbonyl (C=O) groups excluding carboxylic acids is 3. The monoisotopic (exact) mass is 467 g/mol. The van der Waals surface area contributed by atoms with Gasteiger partial charge in [-0.15, -0.1) is 16.9 Å². The number of rotatable bonds is 9. The Morgan fingerprint density at radius 3 is 2.87 bits per heavy atom. The van der Waals surface area contributed by atoms with E-state index >= 15 is 0 Å². The van der Waals surface area contributed by atoms with Gasteiger partial charge < -0.3 is 21.5 Å². The van der Waals surface area contributed by atoms with Crippen molar-refractivity contribution in [3.8, 4) is 6.07 Å². The maximum atomic E-state index is 12.5. The van der Waals surface area contributed by atoms with Crippen LogP contribution in [0.5, 0.6) is 0 Å². The van der Waals surface area contributed by atoms with Gasteiger partial charge in [-0.3, -0.25) is 14.5 Å². The molecule has 1 aromatic rings. The highest BCUT2D eigenvalue weighted by atomic mass is 32.2. The zero-order valence-electron chi connectivity index (χ0n) is 15.8. The number of fused-ring (bicyclic) bond motifs is 1. The number of hydrogen-bond acceptors (Lipinski definition) is 10. The van der Waals surface area contributed by atoms with Crippen LogP contribution < -0.4 is 16.4 Å². The molecule has 16 heteroatoms. The van der Waals surface area contributed by atoms with Crippen LogP contribution in [0.1, 0.15) is 6.42 Å². The number of β-lactam (4-membered cyclic amide) rings is 1. The smallest absolute Gasteiger partial charge is 0.352 e. The maximum absolute atomic E-state index is 12.5. The normalized spacial score (nSPS) is 19.8. The summed E-state index contributed by atoms with van der Waals surface area (Å²) in [5.41, 5.74) is 5.40. The van der Waals surface area contributed by atoms with Crippen molar-refractivity contribution in [1.29, 1.82) is 5.26 Å². The summed E-state index contributed by atoms with van der Waals surface area (Å²) in [7, 11) is 0. The van der Waals surface area contributed by atoms with Crippen LogP contribution >= 0.6 is 23.5 Å². The van der Waals surface area contributed by atoms with Crippen LogP contribution in [-0.4, -0.2) is 83.5 Å². The van der Waals surface area contributed by atoms with Crippen LogP contribution in [0.2, 0.25) is 0 Å². The molecule has 1 aromatic heterocycles. The molecule has 14 nitrogen and oxygen atoms in total. The molecule has 2 aliphatic heterocycles. The lowest BCUT2D eigenvalue weighted by Gasteiger charge is -2.49. The molecule has 164 valence electrons. The highest BCUT2D eigenvalue weighted by molar-refractivity contribution is 8.01. The molecule has 3 heterocycles. The first-order valence-corrected chi connectivity index (χ1v) is 10.9. The summed E-state index contributed by atoms with van der Waals surface area (Å²) in [6.45, 7) is 0.490. The fraction of sp³-hybridized carbons (Fsp3) is 0.467. The van der Waals surface area contributed by atoms with E-state index in [4.69, 9.17) is 11.0 Å². The highest BCUT2D eigenvalue weighted by Gasteiger charge is 2.54. The second kappa shape index (κ2) is 9.66. The second-order valence-corrected chi connectivity index (χ2v) is 8.36. The maximum Gasteiger partial charge on any atom is 0.352 e. The number of primary amides is 1. The topological polar surface area (TPSA) is 209 Å². The van der Waals surface area contributed by atoms with Gasteiger partial charge in [0.1, 0.15) is 23.5 Å². The number of aliphatic carboxylic acids is 1. The minimum atomic E-state index is -1.25. The summed E-state index contributed by atoms with van der Waals surface area (Å²) in [6.07, 6.45) is -0.381. The number of carboxylic acids is 1. The molecule has 0 saturated carbocycles. The number of urea groups is 1. The van der Waals surface area contributed by atoms with Crippen molar-refractivity contribution in [1.82, 2.24) is 35.7 Å². The van der Waals surface area contributed by atoms with Crippen LogP contribution in [0.25, 0.3) is 0 Å². The van der Waals surface area contributed by atoms with Gasteiger partial charge in [0.05, 0.1) is 12.6 Å². The van der Waals surface area contributed by atoms with Crippen LogP contribution in [-0.2, 0) is 20.9 Å². The number of nitrogens with two attached hydrogens (primary N) is 1. The van der Waals surface area contributed by atoms with Crippen molar-refractivity contribution in [3.63, 3.8) is 0 Å². The molecule has 0 bridgehead atoms. The van der Waals surface area contributed by atoms with Gasteiger partial charge in [-0.2, -0.15) is 5.26 Å². The minimum Gasteiger partial charge on any atom is -0.477 e. The predicted octanol–water partition coefficient (Wildman–Crippen LogP) is -1.91. The fourth-order valence-corrected chi connectivity index (χ4v) is 5.36. The average molecular weight is 467 g/mol. The van der Waals surface area contributed by atoms with Gasteiger partial charge in [0, 0.05) is 18.1 Å². The van der Waals surface area contributed by atoms with Crippen molar-refractivity contribution >= 4 is 47.3 Å². The Kier molecular flexibility index (Phi) is 6.97. The molecule has 0 radical (unpaired) electrons. The molecule has 31 heavy (non-hydrogen) atoms. The number of tetrazole rings is 1. The number of nitrogens with zero attached hydrogens (tertiary/aromatic N) is 6. The van der Waals surface area contributed by atoms with Gasteiger partial charge in [0.15, 0.2) is 0 Å². The van der Waals surface area contributed by atoms with Crippen molar-refractivity contribution in [2.24, 2.45) is 5.73 Å². The van der Waals surface area contributed by atoms with E-state index in [0.717, 1.165) is 4.90 Å². The lowest BCUT2D eigenvalue weighted by molar-refractivity contribution is -0.150. The molecule has 3 rings (SSSR count). The van der Waals surface area contributed by atoms with E-state index in [-0.39, 0.29) is 31.0 Å². The van der Waals surface area contributed by atoms with Crippen molar-refractivity contribution in [2.45, 2.75) is 29.5 Å². The molecule has 0 spiro atoms. The van der Waals surface area contributed by atoms with Crippen molar-refractivity contribution < 1.29 is 24.3 Å². The standard InChI is InChI=1S/C15H17N9O5S2/c16-2-1-8(25)19-9-11(26)24-10(13(27)28)7(5-30-12(9)24)6-31-15-20-21-22-23(15)4-3-18-14(17)29/h9,12H,1,3-6H2,(H,19,25)(H,27,28)(H3,17,18,29)/t9?,12-/m1/s1. The zero-order chi connectivity index (χ0) is 22.5. The Labute approximate surface area is 183 Å². The quantitative estimate of drug-likeness (QED) is 0.232. The van der Waals surface area contributed by atoms with Crippen LogP contribution in [0.4, 0.5) is 4.79 Å². The summed E-state index contributed by atoms with van der Waals surface area (Å²) < 4.78 is 1.44. The van der Waals surface area contributed by atoms with E-state index in [1.165, 1.54) is 28.2 Å². The Bertz CT molecular complexity index is 988. The Morgan fingerprint density at radius 1 is 1.42 bits per heavy atom. The molecule has 2 atom stereocenters. The Balaban J connectivity index is 1.68. The molecule has 1 saturated heterocycles. The third-order valence-electron chi connectivity index (χ3n) is 4.30. The van der Waals surface area contributed by atoms with Crippen molar-refractivity contribution in [3.05, 3.63) is 11.3 Å². The van der Waals surface area contributed by atoms with Gasteiger partial charge in [-0.05, 0) is 16.0 Å². The molecule has 0 aromatic carbocycles. The first-order chi connectivity index (χ1) is 14.8. The molecular formula is C15H17N9O5S2. The fourth-order valence-electron chi connectivity index (χ4n) is 2.97. The lowest BCUT2D eigenvalue weighted by atomic mass is 10.0. The van der Waals surface area contributed by atoms with Crippen LogP contribution in [0.15, 0.2) is 16.4 Å². The number of hydrogen-bond donors (Lipinski definition) is 4. The first kappa shape index (κ1) is 22.4. The number of nitriles is 1. The molecular weight excluding hydrogens is 450 g/mol. The molecule has 1 fully saturated rings. The number of carbonyl (C=O) groups is 4. The van der Waals surface area contributed by atoms with E-state index in [1.807, 2.05) is 0 Å². The molecule has 4 amide bonds. The number of carboxylic acid groups (broad SMARTS) is 1. The molecule has 1 unspecified atom stereocenters. The summed E-state index contributed by atoms with van der Waals surface area (Å²) in [5, 5.41) is 34.3. The van der Waals surface area contributed by atoms with E-state index < -0.39 is 35.2 Å². The summed E-state index contributed by atoms with van der Waals surface area (Å²) >= 11 is 2.52. The van der Waals surface area contributed by atoms with Crippen LogP contribution in [0.3, 0.4) is 0 Å². The van der Waals surface area contributed by atoms with Gasteiger partial charge in [0.2, 0.25) is 11.1 Å². The second-order valence-electron chi connectivity index (χ2n) is 6.31. The SMILES string of the molecule is N#CCC(=O)NC1C(=O)N2C(C(=O)O)=C(CSc3nnnn3CCNC(N)=O)CS[C@H]12. The van der Waals surface area contributed by atoms with Gasteiger partial charge in [-0.1, -0.05) is 11.8 Å². The van der Waals surface area contributed by atoms with Gasteiger partial charge >= 0.3 is 12.0 Å². The highest BCUT2D eigenvalue weighted by Crippen LogP contribution is 2.41. The largest absolute Gasteiger partial charge is 0.477 e. The third kappa shape index (κ3) is 4.88. The number of thioether (sulfide) groups is 2.